The number of hydrogen-bond acceptors (Lipinski definition) is 5. The third-order valence-electron chi connectivity index (χ3n) is 7.86. The molecule has 9 heteroatoms. The predicted octanol–water partition coefficient (Wildman–Crippen LogP) is 2.65. The lowest BCUT2D eigenvalue weighted by molar-refractivity contribution is -0.143. The molecule has 3 aromatic rings. The standard InChI is InChI=1S/C30H35N5O4/c1-18(2)27(35-15-22-7-5-6-8-24(22)29(35)38)30(39)34-16-23(36)13-25(34)28(37)31-14-20-9-11-21(12-10-20)26-19(3)33(4)17-32-26/h5-12,17-18,23,25,27,36H,13-16H2,1-4H3,(H,31,37)/t23?,25?,27-/m0/s1. The highest BCUT2D eigenvalue weighted by atomic mass is 16.3. The number of aromatic nitrogens is 2. The first-order chi connectivity index (χ1) is 18.7. The molecule has 204 valence electrons. The lowest BCUT2D eigenvalue weighted by Gasteiger charge is -2.35. The zero-order valence-corrected chi connectivity index (χ0v) is 22.8. The van der Waals surface area contributed by atoms with Gasteiger partial charge < -0.3 is 24.8 Å². The van der Waals surface area contributed by atoms with Gasteiger partial charge in [-0.2, -0.15) is 0 Å². The Balaban J connectivity index is 1.27. The van der Waals surface area contributed by atoms with Crippen molar-refractivity contribution in [3.05, 3.63) is 77.2 Å². The van der Waals surface area contributed by atoms with Crippen molar-refractivity contribution in [3.63, 3.8) is 0 Å². The number of aryl methyl sites for hydroxylation is 1. The minimum absolute atomic E-state index is 0.0627. The number of rotatable bonds is 7. The number of β-amino-alcohol motifs (C(OH)–C–C–N with tert-alkyl or cyclic N) is 1. The number of benzene rings is 2. The molecule has 3 atom stereocenters. The van der Waals surface area contributed by atoms with Gasteiger partial charge in [0.2, 0.25) is 11.8 Å². The smallest absolute Gasteiger partial charge is 0.255 e. The van der Waals surface area contributed by atoms with Crippen molar-refractivity contribution in [2.75, 3.05) is 6.54 Å². The van der Waals surface area contributed by atoms with E-state index in [1.165, 1.54) is 4.90 Å². The van der Waals surface area contributed by atoms with Crippen LogP contribution >= 0.6 is 0 Å². The topological polar surface area (TPSA) is 108 Å². The van der Waals surface area contributed by atoms with Crippen LogP contribution in [0.5, 0.6) is 0 Å². The quantitative estimate of drug-likeness (QED) is 0.489. The molecule has 9 nitrogen and oxygen atoms in total. The monoisotopic (exact) mass is 529 g/mol. The molecule has 0 aliphatic carbocycles. The predicted molar refractivity (Wildman–Crippen MR) is 146 cm³/mol. The summed E-state index contributed by atoms with van der Waals surface area (Å²) in [6, 6.07) is 13.7. The molecule has 0 saturated carbocycles. The lowest BCUT2D eigenvalue weighted by atomic mass is 10.0. The van der Waals surface area contributed by atoms with Crippen molar-refractivity contribution in [2.24, 2.45) is 13.0 Å². The number of likely N-dealkylation sites (tertiary alicyclic amines) is 1. The molecule has 1 aromatic heterocycles. The van der Waals surface area contributed by atoms with Crippen LogP contribution in [0, 0.1) is 12.8 Å². The Morgan fingerprint density at radius 3 is 2.49 bits per heavy atom. The van der Waals surface area contributed by atoms with Crippen LogP contribution in [-0.2, 0) is 29.7 Å². The molecule has 2 unspecified atom stereocenters. The lowest BCUT2D eigenvalue weighted by Crippen LogP contribution is -2.55. The maximum absolute atomic E-state index is 13.8. The van der Waals surface area contributed by atoms with Gasteiger partial charge in [0.05, 0.1) is 18.1 Å². The van der Waals surface area contributed by atoms with Crippen LogP contribution in [-0.4, -0.2) is 66.9 Å². The number of imidazole rings is 1. The van der Waals surface area contributed by atoms with Gasteiger partial charge in [0, 0.05) is 49.9 Å². The summed E-state index contributed by atoms with van der Waals surface area (Å²) in [5, 5.41) is 13.4. The molecule has 0 bridgehead atoms. The van der Waals surface area contributed by atoms with E-state index < -0.39 is 18.2 Å². The van der Waals surface area contributed by atoms with Gasteiger partial charge in [-0.25, -0.2) is 4.98 Å². The Morgan fingerprint density at radius 2 is 1.85 bits per heavy atom. The Labute approximate surface area is 228 Å². The molecule has 0 radical (unpaired) electrons. The average molecular weight is 530 g/mol. The van der Waals surface area contributed by atoms with Crippen LogP contribution in [0.15, 0.2) is 54.9 Å². The third-order valence-corrected chi connectivity index (χ3v) is 7.86. The zero-order chi connectivity index (χ0) is 27.8. The van der Waals surface area contributed by atoms with Gasteiger partial charge in [-0.3, -0.25) is 14.4 Å². The molecule has 3 amide bonds. The molecule has 3 heterocycles. The second kappa shape index (κ2) is 10.6. The first kappa shape index (κ1) is 26.6. The van der Waals surface area contributed by atoms with Gasteiger partial charge >= 0.3 is 0 Å². The van der Waals surface area contributed by atoms with E-state index in [9.17, 15) is 19.5 Å². The van der Waals surface area contributed by atoms with E-state index in [0.717, 1.165) is 28.1 Å². The van der Waals surface area contributed by atoms with Gasteiger partial charge in [-0.15, -0.1) is 0 Å². The first-order valence-electron chi connectivity index (χ1n) is 13.4. The Bertz CT molecular complexity index is 1400. The highest BCUT2D eigenvalue weighted by Gasteiger charge is 2.45. The summed E-state index contributed by atoms with van der Waals surface area (Å²) in [6.07, 6.45) is 1.14. The first-order valence-corrected chi connectivity index (χ1v) is 13.4. The molecule has 0 spiro atoms. The number of nitrogens with one attached hydrogen (secondary N) is 1. The summed E-state index contributed by atoms with van der Waals surface area (Å²) >= 11 is 0. The molecule has 1 fully saturated rings. The summed E-state index contributed by atoms with van der Waals surface area (Å²) in [6.45, 7) is 6.52. The molecule has 1 saturated heterocycles. The van der Waals surface area contributed by atoms with Crippen LogP contribution in [0.4, 0.5) is 0 Å². The highest BCUT2D eigenvalue weighted by molar-refractivity contribution is 6.01. The second-order valence-electron chi connectivity index (χ2n) is 10.9. The Morgan fingerprint density at radius 1 is 1.13 bits per heavy atom. The van der Waals surface area contributed by atoms with Gasteiger partial charge in [-0.1, -0.05) is 56.3 Å². The number of carbonyl (C=O) groups is 3. The highest BCUT2D eigenvalue weighted by Crippen LogP contribution is 2.30. The fourth-order valence-corrected chi connectivity index (χ4v) is 5.62. The number of nitrogens with zero attached hydrogens (tertiary/aromatic N) is 4. The fraction of sp³-hybridized carbons (Fsp3) is 0.400. The van der Waals surface area contributed by atoms with Crippen LogP contribution in [0.3, 0.4) is 0 Å². The summed E-state index contributed by atoms with van der Waals surface area (Å²) < 4.78 is 1.97. The van der Waals surface area contributed by atoms with Crippen molar-refractivity contribution in [3.8, 4) is 11.3 Å². The van der Waals surface area contributed by atoms with Crippen molar-refractivity contribution in [1.82, 2.24) is 24.7 Å². The Hall–Kier alpha value is -3.98. The number of fused-ring (bicyclic) bond motifs is 1. The third kappa shape index (κ3) is 5.06. The molecule has 2 aliphatic heterocycles. The summed E-state index contributed by atoms with van der Waals surface area (Å²) in [7, 11) is 1.95. The molecule has 2 aliphatic rings. The van der Waals surface area contributed by atoms with Crippen molar-refractivity contribution in [2.45, 2.75) is 58.5 Å². The fourth-order valence-electron chi connectivity index (χ4n) is 5.62. The van der Waals surface area contributed by atoms with Crippen molar-refractivity contribution >= 4 is 17.7 Å². The van der Waals surface area contributed by atoms with E-state index in [2.05, 4.69) is 10.3 Å². The largest absolute Gasteiger partial charge is 0.391 e. The number of hydrogen-bond donors (Lipinski definition) is 2. The number of carbonyl (C=O) groups excluding carboxylic acids is 3. The van der Waals surface area contributed by atoms with Crippen LogP contribution in [0.2, 0.25) is 0 Å². The zero-order valence-electron chi connectivity index (χ0n) is 22.8. The summed E-state index contributed by atoms with van der Waals surface area (Å²) in [5.74, 6) is -0.970. The van der Waals surface area contributed by atoms with E-state index >= 15 is 0 Å². The average Bonchev–Trinajstić information content (AvgIpc) is 3.58. The maximum Gasteiger partial charge on any atom is 0.255 e. The number of aliphatic hydroxyl groups excluding tert-OH is 1. The Kier molecular flexibility index (Phi) is 7.27. The van der Waals surface area contributed by atoms with E-state index in [1.807, 2.05) is 74.9 Å². The van der Waals surface area contributed by atoms with Crippen molar-refractivity contribution in [1.29, 1.82) is 0 Å². The molecule has 39 heavy (non-hydrogen) atoms. The summed E-state index contributed by atoms with van der Waals surface area (Å²) in [4.78, 5) is 47.8. The van der Waals surface area contributed by atoms with Gasteiger partial charge in [0.25, 0.3) is 5.91 Å². The molecular weight excluding hydrogens is 494 g/mol. The molecule has 2 aromatic carbocycles. The molecule has 2 N–H and O–H groups in total. The van der Waals surface area contributed by atoms with E-state index in [0.29, 0.717) is 18.7 Å². The van der Waals surface area contributed by atoms with Gasteiger partial charge in [-0.05, 0) is 30.0 Å². The minimum Gasteiger partial charge on any atom is -0.391 e. The van der Waals surface area contributed by atoms with E-state index in [4.69, 9.17) is 0 Å². The van der Waals surface area contributed by atoms with Gasteiger partial charge in [0.15, 0.2) is 0 Å². The van der Waals surface area contributed by atoms with Gasteiger partial charge in [0.1, 0.15) is 12.1 Å². The SMILES string of the molecule is Cc1c(-c2ccc(CNC(=O)C3CC(O)CN3C(=O)[C@H](C(C)C)N3Cc4ccccc4C3=O)cc2)ncn1C. The number of aliphatic hydroxyl groups is 1. The van der Waals surface area contributed by atoms with E-state index in [1.54, 1.807) is 17.3 Å². The van der Waals surface area contributed by atoms with Crippen molar-refractivity contribution < 1.29 is 19.5 Å². The normalized spacial score (nSPS) is 19.5. The summed E-state index contributed by atoms with van der Waals surface area (Å²) in [5.41, 5.74) is 5.40. The van der Waals surface area contributed by atoms with Crippen LogP contribution < -0.4 is 5.32 Å². The van der Waals surface area contributed by atoms with Crippen LogP contribution in [0.1, 0.15) is 47.4 Å². The minimum atomic E-state index is -0.802. The molecule has 5 rings (SSSR count). The number of amides is 3. The maximum atomic E-state index is 13.8. The van der Waals surface area contributed by atoms with E-state index in [-0.39, 0.29) is 36.6 Å². The van der Waals surface area contributed by atoms with Crippen LogP contribution in [0.25, 0.3) is 11.3 Å². The second-order valence-corrected chi connectivity index (χ2v) is 10.9. The molecular formula is C30H35N5O4.